The van der Waals surface area contributed by atoms with Crippen LogP contribution < -0.4 is 0 Å². The van der Waals surface area contributed by atoms with Crippen molar-refractivity contribution in [1.82, 2.24) is 69.8 Å². The Balaban J connectivity index is 0.000000109. The number of aliphatic hydroxyl groups is 5. The zero-order valence-electron chi connectivity index (χ0n) is 93.1. The second kappa shape index (κ2) is 41.8. The summed E-state index contributed by atoms with van der Waals surface area (Å²) in [5.74, 6) is 13.8. The van der Waals surface area contributed by atoms with E-state index in [-0.39, 0.29) is 105 Å². The number of rotatable bonds is 17. The molecule has 0 unspecified atom stereocenters. The number of ketones is 5. The molecule has 26 nitrogen and oxygen atoms in total. The fourth-order valence-corrected chi connectivity index (χ4v) is 41.7. The number of aryl methyl sites for hydroxylation is 3. The van der Waals surface area contributed by atoms with Crippen LogP contribution in [0.15, 0.2) is 49.6 Å². The lowest BCUT2D eigenvalue weighted by molar-refractivity contribution is -0.155. The Bertz CT molecular complexity index is 5300. The summed E-state index contributed by atoms with van der Waals surface area (Å²) in [5.41, 5.74) is -0.195. The largest absolute Gasteiger partial charge is 0.390 e. The summed E-state index contributed by atoms with van der Waals surface area (Å²) in [5, 5.41) is 89.9. The fraction of sp³-hybridized carbons (Fsp3) is 0.868. The number of alkyl halides is 3. The number of fused-ring (bicyclic) bond motifs is 25. The molecule has 5 heterocycles. The van der Waals surface area contributed by atoms with Gasteiger partial charge >= 0.3 is 0 Å². The lowest BCUT2D eigenvalue weighted by Crippen LogP contribution is -2.55. The number of carbonyl (C=O) groups is 5. The Morgan fingerprint density at radius 2 is 0.627 bits per heavy atom. The molecule has 20 aliphatic rings. The molecule has 5 aromatic rings. The molecule has 0 aromatic carbocycles. The van der Waals surface area contributed by atoms with Gasteiger partial charge in [0.05, 0.1) is 95.3 Å². The Labute approximate surface area is 889 Å². The third-order valence-electron chi connectivity index (χ3n) is 48.5. The maximum atomic E-state index is 15.4. The van der Waals surface area contributed by atoms with Gasteiger partial charge in [-0.15, -0.1) is 10.2 Å². The fourth-order valence-electron chi connectivity index (χ4n) is 41.7. The Kier molecular flexibility index (Phi) is 30.4. The third kappa shape index (κ3) is 20.5. The van der Waals surface area contributed by atoms with Crippen molar-refractivity contribution in [2.45, 2.75) is 438 Å². The van der Waals surface area contributed by atoms with Crippen LogP contribution in [0.4, 0.5) is 13.2 Å². The standard InChI is InChI=1S/C25H37FN2O2.2C24H36FN3O2.2C24H37N3O3/c1-15-12-27-28(13-15)14-23(29)21-5-4-20-18-10-22(26)19-11-24(2,30)8-6-17(19)16(18)7-9-25(20,21)3;1-14-12-26-27-28(14)13-22(29)20-5-4-19-17-10-21(25)18-11-23(2,30)8-6-16(18)15(17)7-9-24(19,20)3;1-14-12-26-28(27-14)13-22(29)20-5-4-19-17-10-21(25)18-11-23(2,30)8-6-16(18)15(17)7-9-24(19,20)3;1-23(29)8-6-16-15-7-9-24(2)19(17(15)12-22(30-3)18(16)13-23)4-5-20(24)21(28)14-27-11-10-25-26-27;1-23(29)8-6-16-15-7-9-24(2)19(17(15)12-22(30-3)18(16)13-23)4-5-20(24)21(28)14-27-25-10-11-26-27/h12-13,16-22,30H,4-11,14H2,1-3H3;2*12,15-21,30H,4-11,13H2,1-3H3;2*10-11,15-20,22,29H,4-9,12-14H2,1-3H3/t16-,17-,18-,19+,20+,21-,22-,24-,25+;2*15-,16-,17-,18+,19+,20-,21-,23-,24+;2*15-,16-,17-,18+,19+,20-,22-,23-,24+/m11111/s1. The average Bonchev–Trinajstić information content (AvgIpc) is 1.56. The maximum absolute atomic E-state index is 15.4. The van der Waals surface area contributed by atoms with Crippen LogP contribution in [-0.4, -0.2) is 197 Å². The van der Waals surface area contributed by atoms with Gasteiger partial charge in [0.1, 0.15) is 44.7 Å². The van der Waals surface area contributed by atoms with E-state index in [1.165, 1.54) is 22.4 Å². The van der Waals surface area contributed by atoms with E-state index in [4.69, 9.17) is 9.47 Å². The molecule has 0 aliphatic heterocycles. The molecule has 20 aliphatic carbocycles. The molecule has 5 aromatic heterocycles. The number of nitrogens with zero attached hydrogens (tertiary/aromatic N) is 14. The topological polar surface area (TPSA) is 346 Å². The van der Waals surface area contributed by atoms with E-state index in [0.29, 0.717) is 200 Å². The van der Waals surface area contributed by atoms with Gasteiger partial charge in [0.25, 0.3) is 0 Å². The van der Waals surface area contributed by atoms with Crippen LogP contribution in [0.3, 0.4) is 0 Å². The van der Waals surface area contributed by atoms with Crippen molar-refractivity contribution < 1.29 is 72.2 Å². The molecular formula is C121H183F3N14O12. The summed E-state index contributed by atoms with van der Waals surface area (Å²) >= 11 is 0. The van der Waals surface area contributed by atoms with E-state index in [9.17, 15) is 49.5 Å². The van der Waals surface area contributed by atoms with Crippen LogP contribution >= 0.6 is 0 Å². The maximum Gasteiger partial charge on any atom is 0.159 e. The molecule has 0 bridgehead atoms. The SMILES string of the molecule is CO[C@@H]1C[C@@H]2[C@H](CC[C@]3(C)[C@@H](C(=O)Cn4ccnn4)CC[C@@H]23)[C@H]2CC[C@@](C)(O)C[C@@H]21.CO[C@@H]1C[C@@H]2[C@H](CC[C@]3(C)[C@@H](C(=O)Cn4nccn4)CC[C@@H]23)[C@H]2CC[C@@](C)(O)C[C@@H]21.Cc1cnn(CC(=O)[C@H]2CC[C@H]3[C@@H]4C[C@@H](F)[C@H]5C[C@](C)(O)CC[C@@H]5[C@H]4CC[C@]23C)c1.Cc1cnn(CC(=O)[C@H]2CC[C@H]3[C@@H]4C[C@@H](F)[C@H]5C[C@](C)(O)CC[C@@H]5[C@H]4CC[C@]23C)n1.Cc1cnnn1CC(=O)[C@H]1CC[C@H]2[C@@H]3C[C@@H](F)[C@H]4C[C@](C)(O)CC[C@@H]4[C@H]3CC[C@]12C. The summed E-state index contributed by atoms with van der Waals surface area (Å²) in [7, 11) is 3.71. The van der Waals surface area contributed by atoms with Gasteiger partial charge in [-0.1, -0.05) is 45.0 Å². The zero-order valence-corrected chi connectivity index (χ0v) is 93.1. The highest BCUT2D eigenvalue weighted by Gasteiger charge is 2.68. The van der Waals surface area contributed by atoms with E-state index in [0.717, 1.165) is 234 Å². The van der Waals surface area contributed by atoms with Gasteiger partial charge in [0.2, 0.25) is 0 Å². The molecule has 29 heteroatoms. The van der Waals surface area contributed by atoms with E-state index in [1.807, 2.05) is 75.8 Å². The summed E-state index contributed by atoms with van der Waals surface area (Å²) in [4.78, 5) is 69.2. The minimum atomic E-state index is -0.809. The van der Waals surface area contributed by atoms with E-state index in [1.54, 1.807) is 57.4 Å². The Morgan fingerprint density at radius 1 is 0.320 bits per heavy atom. The first-order chi connectivity index (χ1) is 71.2. The summed E-state index contributed by atoms with van der Waals surface area (Å²) in [6, 6.07) is 0. The van der Waals surface area contributed by atoms with Gasteiger partial charge in [0, 0.05) is 56.2 Å². The number of Topliss-reactive ketones (excluding diaryl/α,β-unsaturated/α-hetero) is 5. The number of aromatic nitrogens is 14. The first-order valence-corrected chi connectivity index (χ1v) is 59.8. The highest BCUT2D eigenvalue weighted by atomic mass is 19.1. The van der Waals surface area contributed by atoms with Gasteiger partial charge in [0.15, 0.2) is 28.9 Å². The smallest absolute Gasteiger partial charge is 0.159 e. The average molecular weight is 2080 g/mol. The number of halogens is 3. The van der Waals surface area contributed by atoms with Gasteiger partial charge in [-0.05, 0) is 493 Å². The molecule has 150 heavy (non-hydrogen) atoms. The van der Waals surface area contributed by atoms with Crippen molar-refractivity contribution in [2.75, 3.05) is 14.2 Å². The lowest BCUT2D eigenvalue weighted by atomic mass is 9.48. The molecule has 5 N–H and O–H groups in total. The molecule has 25 rings (SSSR count). The first kappa shape index (κ1) is 109. The summed E-state index contributed by atoms with van der Waals surface area (Å²) < 4.78 is 63.3. The minimum Gasteiger partial charge on any atom is -0.390 e. The van der Waals surface area contributed by atoms with Crippen molar-refractivity contribution >= 4 is 28.9 Å². The van der Waals surface area contributed by atoms with Crippen LogP contribution in [0.2, 0.25) is 0 Å². The van der Waals surface area contributed by atoms with E-state index >= 15 is 13.2 Å². The van der Waals surface area contributed by atoms with Gasteiger partial charge in [-0.25, -0.2) is 22.5 Å². The molecule has 0 radical (unpaired) electrons. The van der Waals surface area contributed by atoms with Crippen molar-refractivity contribution in [3.8, 4) is 0 Å². The zero-order chi connectivity index (χ0) is 106. The molecule has 0 spiro atoms. The first-order valence-electron chi connectivity index (χ1n) is 59.8. The monoisotopic (exact) mass is 2080 g/mol. The van der Waals surface area contributed by atoms with Gasteiger partial charge in [-0.2, -0.15) is 35.1 Å². The van der Waals surface area contributed by atoms with E-state index < -0.39 is 46.5 Å². The van der Waals surface area contributed by atoms with Gasteiger partial charge < -0.3 is 35.0 Å². The van der Waals surface area contributed by atoms with Crippen molar-refractivity contribution in [2.24, 2.45) is 205 Å². The Morgan fingerprint density at radius 3 is 0.933 bits per heavy atom. The molecule has 20 fully saturated rings. The predicted molar refractivity (Wildman–Crippen MR) is 561 cm³/mol. The number of methoxy groups -OCH3 is 2. The van der Waals surface area contributed by atoms with Gasteiger partial charge in [-0.3, -0.25) is 28.7 Å². The quantitative estimate of drug-likeness (QED) is 0.0577. The van der Waals surface area contributed by atoms with Crippen molar-refractivity contribution in [1.29, 1.82) is 0 Å². The summed E-state index contributed by atoms with van der Waals surface area (Å²) in [6.45, 7) is 28.7. The van der Waals surface area contributed by atoms with Crippen molar-refractivity contribution in [3.05, 3.63) is 66.5 Å². The Hall–Kier alpha value is -6.37. The normalized spacial score (nSPS) is 48.0. The molecule has 0 amide bonds. The van der Waals surface area contributed by atoms with Crippen LogP contribution in [0.25, 0.3) is 0 Å². The number of carbonyl (C=O) groups excluding carboxylic acids is 5. The van der Waals surface area contributed by atoms with E-state index in [2.05, 4.69) is 80.7 Å². The second-order valence-electron chi connectivity index (χ2n) is 56.9. The number of hydrogen-bond donors (Lipinski definition) is 5. The lowest BCUT2D eigenvalue weighted by Gasteiger charge is -2.58. The number of ether oxygens (including phenoxy) is 2. The van der Waals surface area contributed by atoms with Crippen LogP contribution in [-0.2, 0) is 66.2 Å². The number of hydrogen-bond acceptors (Lipinski definition) is 21. The molecular weight excluding hydrogens is 1900 g/mol. The minimum absolute atomic E-state index is 0.00711. The highest BCUT2D eigenvalue weighted by Crippen LogP contribution is 2.73. The summed E-state index contributed by atoms with van der Waals surface area (Å²) in [6.07, 6.45) is 50.5. The highest BCUT2D eigenvalue weighted by molar-refractivity contribution is 5.84. The molecule has 45 atom stereocenters. The van der Waals surface area contributed by atoms with Crippen molar-refractivity contribution in [3.63, 3.8) is 0 Å². The second-order valence-corrected chi connectivity index (χ2v) is 56.9. The molecule has 830 valence electrons. The van der Waals surface area contributed by atoms with Crippen LogP contribution in [0.1, 0.15) is 343 Å². The third-order valence-corrected chi connectivity index (χ3v) is 48.5. The molecule has 0 saturated heterocycles. The molecule has 20 saturated carbocycles. The predicted octanol–water partition coefficient (Wildman–Crippen LogP) is 20.0. The van der Waals surface area contributed by atoms with Crippen LogP contribution in [0.5, 0.6) is 0 Å². The van der Waals surface area contributed by atoms with Crippen LogP contribution in [0, 0.1) is 225 Å².